The molecular formula is C18H14F4O2. The van der Waals surface area contributed by atoms with Crippen molar-refractivity contribution in [3.8, 4) is 11.8 Å². The number of hydrogen-bond acceptors (Lipinski definition) is 2. The maximum atomic E-state index is 13.7. The molecular weight excluding hydrogens is 324 g/mol. The zero-order chi connectivity index (χ0) is 18.0. The third-order valence-corrected chi connectivity index (χ3v) is 3.49. The number of alkyl halides is 3. The highest BCUT2D eigenvalue weighted by atomic mass is 19.4. The Labute approximate surface area is 136 Å². The zero-order valence-electron chi connectivity index (χ0n) is 12.6. The molecule has 0 fully saturated rings. The number of benzene rings is 2. The molecule has 0 saturated carbocycles. The summed E-state index contributed by atoms with van der Waals surface area (Å²) in [6, 6.07) is 11.3. The van der Waals surface area contributed by atoms with Crippen molar-refractivity contribution in [1.82, 2.24) is 0 Å². The van der Waals surface area contributed by atoms with Gasteiger partial charge in [-0.2, -0.15) is 13.2 Å². The summed E-state index contributed by atoms with van der Waals surface area (Å²) >= 11 is 0. The number of hydrogen-bond donors (Lipinski definition) is 2. The largest absolute Gasteiger partial charge is 0.433 e. The molecule has 2 atom stereocenters. The van der Waals surface area contributed by atoms with E-state index in [4.69, 9.17) is 0 Å². The second kappa shape index (κ2) is 6.27. The minimum Gasteiger partial charge on any atom is -0.374 e. The molecule has 2 N–H and O–H groups in total. The Hall–Kier alpha value is -2.36. The topological polar surface area (TPSA) is 40.5 Å². The fourth-order valence-electron chi connectivity index (χ4n) is 2.12. The highest BCUT2D eigenvalue weighted by Crippen LogP contribution is 2.38. The van der Waals surface area contributed by atoms with Crippen molar-refractivity contribution in [3.05, 3.63) is 71.5 Å². The number of rotatable bonds is 2. The lowest BCUT2D eigenvalue weighted by Gasteiger charge is -2.26. The highest BCUT2D eigenvalue weighted by Gasteiger charge is 2.54. The quantitative estimate of drug-likeness (QED) is 0.650. The van der Waals surface area contributed by atoms with Gasteiger partial charge in [0.2, 0.25) is 5.60 Å². The maximum Gasteiger partial charge on any atom is 0.433 e. The Morgan fingerprint density at radius 1 is 0.833 bits per heavy atom. The van der Waals surface area contributed by atoms with Crippen molar-refractivity contribution in [3.63, 3.8) is 0 Å². The van der Waals surface area contributed by atoms with E-state index < -0.39 is 28.8 Å². The Balaban J connectivity index is 2.54. The monoisotopic (exact) mass is 338 g/mol. The molecule has 0 aliphatic rings. The van der Waals surface area contributed by atoms with Crippen molar-refractivity contribution < 1.29 is 27.8 Å². The molecule has 0 spiro atoms. The molecule has 0 aliphatic heterocycles. The Morgan fingerprint density at radius 2 is 1.38 bits per heavy atom. The minimum absolute atomic E-state index is 0.282. The summed E-state index contributed by atoms with van der Waals surface area (Å²) < 4.78 is 53.8. The van der Waals surface area contributed by atoms with E-state index in [1.54, 1.807) is 5.92 Å². The molecule has 0 radical (unpaired) electrons. The molecule has 6 heteroatoms. The smallest absolute Gasteiger partial charge is 0.374 e. The molecule has 24 heavy (non-hydrogen) atoms. The third-order valence-electron chi connectivity index (χ3n) is 3.49. The van der Waals surface area contributed by atoms with Gasteiger partial charge in [-0.25, -0.2) is 4.39 Å². The molecule has 0 aliphatic carbocycles. The van der Waals surface area contributed by atoms with E-state index in [9.17, 15) is 27.8 Å². The molecule has 2 aromatic rings. The van der Waals surface area contributed by atoms with Crippen molar-refractivity contribution >= 4 is 0 Å². The van der Waals surface area contributed by atoms with E-state index in [0.29, 0.717) is 0 Å². The van der Waals surface area contributed by atoms with Gasteiger partial charge < -0.3 is 10.2 Å². The molecule has 0 saturated heterocycles. The van der Waals surface area contributed by atoms with Crippen molar-refractivity contribution in [2.45, 2.75) is 24.3 Å². The average Bonchev–Trinajstić information content (AvgIpc) is 2.52. The van der Waals surface area contributed by atoms with E-state index in [-0.39, 0.29) is 5.56 Å². The van der Waals surface area contributed by atoms with Gasteiger partial charge in [0.25, 0.3) is 0 Å². The van der Waals surface area contributed by atoms with Gasteiger partial charge in [-0.15, -0.1) is 0 Å². The summed E-state index contributed by atoms with van der Waals surface area (Å²) in [5.41, 5.74) is -6.47. The van der Waals surface area contributed by atoms with Crippen LogP contribution in [0.1, 0.15) is 18.1 Å². The standard InChI is InChI=1S/C18H14F4O2/c1-16(23,14-9-5-6-10-15(14)19)11-12-17(24,18(20,21)22)13-7-3-2-4-8-13/h2-10,23-24H,1H3/t16-,17-/m1/s1. The summed E-state index contributed by atoms with van der Waals surface area (Å²) in [7, 11) is 0. The first-order chi connectivity index (χ1) is 11.1. The van der Waals surface area contributed by atoms with Gasteiger partial charge in [0.15, 0.2) is 5.60 Å². The second-order valence-electron chi connectivity index (χ2n) is 5.38. The molecule has 0 aromatic heterocycles. The summed E-state index contributed by atoms with van der Waals surface area (Å²) in [5, 5.41) is 20.3. The first kappa shape index (κ1) is 18.0. The van der Waals surface area contributed by atoms with Crippen LogP contribution in [0.5, 0.6) is 0 Å². The van der Waals surface area contributed by atoms with Gasteiger partial charge in [0, 0.05) is 11.1 Å². The lowest BCUT2D eigenvalue weighted by Crippen LogP contribution is -2.41. The van der Waals surface area contributed by atoms with Crippen LogP contribution in [0.4, 0.5) is 17.6 Å². The van der Waals surface area contributed by atoms with E-state index in [1.165, 1.54) is 36.4 Å². The zero-order valence-corrected chi connectivity index (χ0v) is 12.6. The second-order valence-corrected chi connectivity index (χ2v) is 5.38. The molecule has 126 valence electrons. The fraction of sp³-hybridized carbons (Fsp3) is 0.222. The van der Waals surface area contributed by atoms with E-state index in [0.717, 1.165) is 25.1 Å². The van der Waals surface area contributed by atoms with Crippen LogP contribution in [0.3, 0.4) is 0 Å². The average molecular weight is 338 g/mol. The summed E-state index contributed by atoms with van der Waals surface area (Å²) in [6.45, 7) is 1.06. The van der Waals surface area contributed by atoms with Crippen LogP contribution in [0.15, 0.2) is 54.6 Å². The molecule has 0 unspecified atom stereocenters. The highest BCUT2D eigenvalue weighted by molar-refractivity contribution is 5.38. The lowest BCUT2D eigenvalue weighted by molar-refractivity contribution is -0.240. The summed E-state index contributed by atoms with van der Waals surface area (Å²) in [5.74, 6) is 2.83. The number of halogens is 4. The van der Waals surface area contributed by atoms with Crippen LogP contribution < -0.4 is 0 Å². The predicted octanol–water partition coefficient (Wildman–Crippen LogP) is 3.49. The molecule has 0 heterocycles. The summed E-state index contributed by atoms with van der Waals surface area (Å²) in [4.78, 5) is 0. The van der Waals surface area contributed by atoms with Crippen molar-refractivity contribution in [2.75, 3.05) is 0 Å². The van der Waals surface area contributed by atoms with Crippen molar-refractivity contribution in [2.24, 2.45) is 0 Å². The van der Waals surface area contributed by atoms with E-state index >= 15 is 0 Å². The maximum absolute atomic E-state index is 13.7. The van der Waals surface area contributed by atoms with Crippen molar-refractivity contribution in [1.29, 1.82) is 0 Å². The van der Waals surface area contributed by atoms with Crippen LogP contribution >= 0.6 is 0 Å². The molecule has 2 aromatic carbocycles. The minimum atomic E-state index is -5.10. The van der Waals surface area contributed by atoms with Gasteiger partial charge in [-0.05, 0) is 13.0 Å². The molecule has 0 bridgehead atoms. The van der Waals surface area contributed by atoms with E-state index in [1.807, 2.05) is 5.92 Å². The van der Waals surface area contributed by atoms with Gasteiger partial charge in [-0.3, -0.25) is 0 Å². The van der Waals surface area contributed by atoms with Gasteiger partial charge in [0.1, 0.15) is 5.82 Å². The fourth-order valence-corrected chi connectivity index (χ4v) is 2.12. The lowest BCUT2D eigenvalue weighted by atomic mass is 9.90. The van der Waals surface area contributed by atoms with Crippen LogP contribution in [-0.4, -0.2) is 16.4 Å². The van der Waals surface area contributed by atoms with Gasteiger partial charge >= 0.3 is 6.18 Å². The SMILES string of the molecule is C[C@@](O)(C#C[C@@](O)(c1ccccc1)C(F)(F)F)c1ccccc1F. The first-order valence-corrected chi connectivity index (χ1v) is 6.94. The van der Waals surface area contributed by atoms with Gasteiger partial charge in [0.05, 0.1) is 0 Å². The van der Waals surface area contributed by atoms with Crippen LogP contribution in [0.2, 0.25) is 0 Å². The molecule has 2 nitrogen and oxygen atoms in total. The number of aliphatic hydroxyl groups is 2. The van der Waals surface area contributed by atoms with Gasteiger partial charge in [-0.1, -0.05) is 60.4 Å². The van der Waals surface area contributed by atoms with Crippen LogP contribution in [0, 0.1) is 17.7 Å². The van der Waals surface area contributed by atoms with Crippen LogP contribution in [-0.2, 0) is 11.2 Å². The van der Waals surface area contributed by atoms with E-state index in [2.05, 4.69) is 0 Å². The summed E-state index contributed by atoms with van der Waals surface area (Å²) in [6.07, 6.45) is -5.10. The Kier molecular flexibility index (Phi) is 4.70. The van der Waals surface area contributed by atoms with Crippen LogP contribution in [0.25, 0.3) is 0 Å². The molecule has 0 amide bonds. The normalized spacial score (nSPS) is 16.5. The predicted molar refractivity (Wildman–Crippen MR) is 80.1 cm³/mol. The molecule has 2 rings (SSSR count). The Morgan fingerprint density at radius 3 is 1.92 bits per heavy atom. The Bertz CT molecular complexity index is 773. The first-order valence-electron chi connectivity index (χ1n) is 6.94. The third kappa shape index (κ3) is 3.42.